The topological polar surface area (TPSA) is 87.2 Å². The molecule has 0 unspecified atom stereocenters. The Morgan fingerprint density at radius 3 is 2.72 bits per heavy atom. The van der Waals surface area contributed by atoms with Crippen LogP contribution >= 0.6 is 11.3 Å². The molecule has 0 fully saturated rings. The van der Waals surface area contributed by atoms with Crippen LogP contribution in [-0.4, -0.2) is 20.7 Å². The van der Waals surface area contributed by atoms with Crippen molar-refractivity contribution in [1.29, 1.82) is 0 Å². The van der Waals surface area contributed by atoms with E-state index < -0.39 is 12.1 Å². The van der Waals surface area contributed by atoms with Crippen molar-refractivity contribution in [2.24, 2.45) is 0 Å². The predicted molar refractivity (Wildman–Crippen MR) is 87.5 cm³/mol. The Morgan fingerprint density at radius 2 is 2.08 bits per heavy atom. The molecule has 0 saturated carbocycles. The Balaban J connectivity index is 1.67. The summed E-state index contributed by atoms with van der Waals surface area (Å²) in [5.74, 6) is -0.646. The zero-order chi connectivity index (χ0) is 18.0. The van der Waals surface area contributed by atoms with Crippen molar-refractivity contribution in [1.82, 2.24) is 14.8 Å². The van der Waals surface area contributed by atoms with Crippen molar-refractivity contribution in [2.75, 3.05) is 0 Å². The molecule has 0 radical (unpaired) electrons. The fourth-order valence-electron chi connectivity index (χ4n) is 2.12. The van der Waals surface area contributed by atoms with Crippen molar-refractivity contribution in [3.8, 4) is 11.5 Å². The molecule has 0 amide bonds. The summed E-state index contributed by atoms with van der Waals surface area (Å²) in [4.78, 5) is 23.4. The van der Waals surface area contributed by atoms with Gasteiger partial charge in [0.1, 0.15) is 12.4 Å². The molecular weight excluding hydrogens is 349 g/mol. The van der Waals surface area contributed by atoms with Crippen LogP contribution in [-0.2, 0) is 16.1 Å². The van der Waals surface area contributed by atoms with Crippen LogP contribution in [0.5, 0.6) is 0 Å². The summed E-state index contributed by atoms with van der Waals surface area (Å²) >= 11 is 1.02. The number of carbonyl (C=O) groups is 1. The van der Waals surface area contributed by atoms with Gasteiger partial charge in [0.15, 0.2) is 6.10 Å². The van der Waals surface area contributed by atoms with Crippen LogP contribution in [0.4, 0.5) is 4.39 Å². The molecule has 2 aromatic heterocycles. The van der Waals surface area contributed by atoms with Crippen LogP contribution in [0.3, 0.4) is 0 Å². The molecule has 1 atom stereocenters. The zero-order valence-corrected chi connectivity index (χ0v) is 14.2. The molecule has 3 rings (SSSR count). The maximum absolute atomic E-state index is 12.9. The molecule has 0 aliphatic heterocycles. The molecule has 0 spiro atoms. The van der Waals surface area contributed by atoms with Crippen LogP contribution in [0.15, 0.2) is 38.9 Å². The number of hydrogen-bond donors (Lipinski definition) is 0. The first-order valence-corrected chi connectivity index (χ1v) is 8.26. The van der Waals surface area contributed by atoms with E-state index in [0.29, 0.717) is 11.3 Å². The van der Waals surface area contributed by atoms with Crippen molar-refractivity contribution in [2.45, 2.75) is 26.5 Å². The van der Waals surface area contributed by atoms with Gasteiger partial charge in [0.25, 0.3) is 5.89 Å². The molecule has 0 saturated heterocycles. The number of carbonyl (C=O) groups excluding carboxylic acids is 1. The average Bonchev–Trinajstić information content (AvgIpc) is 3.18. The molecule has 130 valence electrons. The molecule has 1 aromatic carbocycles. The van der Waals surface area contributed by atoms with Crippen molar-refractivity contribution < 1.29 is 18.3 Å². The Hall–Kier alpha value is -2.81. The number of esters is 1. The van der Waals surface area contributed by atoms with Gasteiger partial charge < -0.3 is 9.15 Å². The van der Waals surface area contributed by atoms with Gasteiger partial charge >= 0.3 is 10.8 Å². The highest BCUT2D eigenvalue weighted by atomic mass is 32.1. The Bertz CT molecular complexity index is 945. The maximum Gasteiger partial charge on any atom is 0.326 e. The van der Waals surface area contributed by atoms with Gasteiger partial charge in [0.2, 0.25) is 5.89 Å². The second-order valence-electron chi connectivity index (χ2n) is 5.31. The van der Waals surface area contributed by atoms with Crippen LogP contribution < -0.4 is 4.87 Å². The number of benzene rings is 1. The van der Waals surface area contributed by atoms with Gasteiger partial charge in [-0.2, -0.15) is 0 Å². The van der Waals surface area contributed by atoms with Crippen LogP contribution in [0, 0.1) is 12.7 Å². The van der Waals surface area contributed by atoms with Gasteiger partial charge in [-0.15, -0.1) is 10.2 Å². The number of hydrogen-bond acceptors (Lipinski definition) is 7. The number of nitrogens with zero attached hydrogens (tertiary/aromatic N) is 3. The number of aromatic nitrogens is 3. The lowest BCUT2D eigenvalue weighted by Crippen LogP contribution is -2.23. The molecule has 9 heteroatoms. The van der Waals surface area contributed by atoms with E-state index in [0.717, 1.165) is 11.3 Å². The summed E-state index contributed by atoms with van der Waals surface area (Å²) < 4.78 is 25.0. The van der Waals surface area contributed by atoms with Crippen LogP contribution in [0.1, 0.15) is 24.6 Å². The largest absolute Gasteiger partial charge is 0.451 e. The van der Waals surface area contributed by atoms with Crippen molar-refractivity contribution in [3.05, 3.63) is 56.7 Å². The van der Waals surface area contributed by atoms with Gasteiger partial charge in [0, 0.05) is 16.6 Å². The molecule has 0 aliphatic carbocycles. The summed E-state index contributed by atoms with van der Waals surface area (Å²) in [7, 11) is 0. The minimum absolute atomic E-state index is 0.113. The minimum Gasteiger partial charge on any atom is -0.451 e. The van der Waals surface area contributed by atoms with Gasteiger partial charge in [-0.05, 0) is 38.1 Å². The summed E-state index contributed by atoms with van der Waals surface area (Å²) in [6.07, 6.45) is -0.774. The fourth-order valence-corrected chi connectivity index (χ4v) is 2.85. The van der Waals surface area contributed by atoms with Gasteiger partial charge in [-0.1, -0.05) is 11.3 Å². The van der Waals surface area contributed by atoms with Crippen LogP contribution in [0.2, 0.25) is 0 Å². The van der Waals surface area contributed by atoms with E-state index in [1.54, 1.807) is 19.2 Å². The van der Waals surface area contributed by atoms with Gasteiger partial charge in [0.05, 0.1) is 0 Å². The number of ether oxygens (including phenoxy) is 1. The number of rotatable bonds is 5. The summed E-state index contributed by atoms with van der Waals surface area (Å²) in [5.41, 5.74) is 1.25. The molecule has 0 aliphatic rings. The normalized spacial score (nSPS) is 12.1. The standard InChI is InChI=1S/C16H14FN3O4S/c1-9-8-25-16(22)20(9)7-13(21)23-10(2)14-18-19-15(24-14)11-3-5-12(17)6-4-11/h3-6,8,10H,7H2,1-2H3/t10-/m0/s1. The molecule has 7 nitrogen and oxygen atoms in total. The third-order valence-corrected chi connectivity index (χ3v) is 4.33. The lowest BCUT2D eigenvalue weighted by Gasteiger charge is -2.10. The van der Waals surface area contributed by atoms with E-state index in [-0.39, 0.29) is 29.0 Å². The Labute approximate surface area is 145 Å². The van der Waals surface area contributed by atoms with E-state index >= 15 is 0 Å². The lowest BCUT2D eigenvalue weighted by molar-refractivity contribution is -0.150. The third-order valence-electron chi connectivity index (χ3n) is 3.45. The highest BCUT2D eigenvalue weighted by molar-refractivity contribution is 7.07. The molecule has 3 aromatic rings. The molecule has 25 heavy (non-hydrogen) atoms. The monoisotopic (exact) mass is 363 g/mol. The van der Waals surface area contributed by atoms with E-state index in [1.165, 1.54) is 28.8 Å². The van der Waals surface area contributed by atoms with E-state index in [4.69, 9.17) is 9.15 Å². The Kier molecular flexibility index (Phi) is 4.75. The van der Waals surface area contributed by atoms with Gasteiger partial charge in [-0.3, -0.25) is 14.2 Å². The molecular formula is C16H14FN3O4S. The SMILES string of the molecule is Cc1csc(=O)n1CC(=O)O[C@@H](C)c1nnc(-c2ccc(F)cc2)o1. The van der Waals surface area contributed by atoms with Crippen molar-refractivity contribution >= 4 is 17.3 Å². The smallest absolute Gasteiger partial charge is 0.326 e. The van der Waals surface area contributed by atoms with Gasteiger partial charge in [-0.25, -0.2) is 4.39 Å². The van der Waals surface area contributed by atoms with E-state index in [2.05, 4.69) is 10.2 Å². The molecule has 0 bridgehead atoms. The van der Waals surface area contributed by atoms with E-state index in [9.17, 15) is 14.0 Å². The quantitative estimate of drug-likeness (QED) is 0.648. The highest BCUT2D eigenvalue weighted by Gasteiger charge is 2.20. The number of aryl methyl sites for hydroxylation is 1. The number of halogens is 1. The first kappa shape index (κ1) is 17.0. The maximum atomic E-state index is 12.9. The summed E-state index contributed by atoms with van der Waals surface area (Å²) in [5, 5.41) is 9.38. The summed E-state index contributed by atoms with van der Waals surface area (Å²) in [6, 6.07) is 5.58. The highest BCUT2D eigenvalue weighted by Crippen LogP contribution is 2.22. The van der Waals surface area contributed by atoms with Crippen molar-refractivity contribution in [3.63, 3.8) is 0 Å². The van der Waals surface area contributed by atoms with Crippen LogP contribution in [0.25, 0.3) is 11.5 Å². The first-order chi connectivity index (χ1) is 11.9. The molecule has 2 heterocycles. The minimum atomic E-state index is -0.774. The Morgan fingerprint density at radius 1 is 1.36 bits per heavy atom. The zero-order valence-electron chi connectivity index (χ0n) is 13.4. The first-order valence-electron chi connectivity index (χ1n) is 7.38. The lowest BCUT2D eigenvalue weighted by atomic mass is 10.2. The predicted octanol–water partition coefficient (Wildman–Crippen LogP) is 2.71. The second-order valence-corrected chi connectivity index (χ2v) is 6.13. The fraction of sp³-hybridized carbons (Fsp3) is 0.250. The summed E-state index contributed by atoms with van der Waals surface area (Å²) in [6.45, 7) is 3.14. The third kappa shape index (κ3) is 3.82. The van der Waals surface area contributed by atoms with E-state index in [1.807, 2.05) is 0 Å². The second kappa shape index (κ2) is 6.98. The number of thiazole rings is 1. The average molecular weight is 363 g/mol. The molecule has 0 N–H and O–H groups in total.